The lowest BCUT2D eigenvalue weighted by molar-refractivity contribution is -0.144. The minimum absolute atomic E-state index is 0.0342. The summed E-state index contributed by atoms with van der Waals surface area (Å²) in [6, 6.07) is 5.87. The van der Waals surface area contributed by atoms with Gasteiger partial charge in [-0.25, -0.2) is 14.8 Å². The van der Waals surface area contributed by atoms with Crippen molar-refractivity contribution in [2.75, 3.05) is 26.3 Å². The third-order valence-corrected chi connectivity index (χ3v) is 5.62. The number of hydrogen-bond donors (Lipinski definition) is 1. The van der Waals surface area contributed by atoms with Crippen molar-refractivity contribution in [3.63, 3.8) is 0 Å². The van der Waals surface area contributed by atoms with E-state index in [-0.39, 0.29) is 24.8 Å². The van der Waals surface area contributed by atoms with Crippen LogP contribution in [0.15, 0.2) is 41.8 Å². The molecule has 1 fully saturated rings. The van der Waals surface area contributed by atoms with E-state index < -0.39 is 30.0 Å². The highest BCUT2D eigenvalue weighted by atomic mass is 19.4. The molecular formula is C22H23F3N6O3. The predicted molar refractivity (Wildman–Crippen MR) is 115 cm³/mol. The number of nitrogens with one attached hydrogen (secondary N) is 1. The van der Waals surface area contributed by atoms with Crippen LogP contribution in [-0.2, 0) is 15.7 Å². The van der Waals surface area contributed by atoms with Gasteiger partial charge in [0.2, 0.25) is 5.91 Å². The maximum absolute atomic E-state index is 12.9. The molecule has 0 aliphatic carbocycles. The van der Waals surface area contributed by atoms with Gasteiger partial charge in [0.1, 0.15) is 6.61 Å². The summed E-state index contributed by atoms with van der Waals surface area (Å²) in [4.78, 5) is 34.2. The molecular weight excluding hydrogens is 453 g/mol. The number of alkyl halides is 3. The Morgan fingerprint density at radius 1 is 1.21 bits per heavy atom. The number of hydrogen-bond acceptors (Lipinski definition) is 6. The Hall–Kier alpha value is -3.54. The average molecular weight is 476 g/mol. The van der Waals surface area contributed by atoms with E-state index in [1.807, 2.05) is 31.2 Å². The van der Waals surface area contributed by atoms with Crippen LogP contribution >= 0.6 is 0 Å². The number of urea groups is 1. The van der Waals surface area contributed by atoms with Crippen LogP contribution in [0.2, 0.25) is 0 Å². The minimum atomic E-state index is -4.60. The molecule has 180 valence electrons. The van der Waals surface area contributed by atoms with Crippen LogP contribution in [0.25, 0.3) is 0 Å². The number of benzene rings is 1. The summed E-state index contributed by atoms with van der Waals surface area (Å²) in [6.45, 7) is 4.40. The third-order valence-electron chi connectivity index (χ3n) is 5.62. The van der Waals surface area contributed by atoms with Gasteiger partial charge in [-0.15, -0.1) is 0 Å². The molecule has 2 aliphatic rings. The van der Waals surface area contributed by atoms with Crippen LogP contribution in [0.1, 0.15) is 35.5 Å². The summed E-state index contributed by atoms with van der Waals surface area (Å²) >= 11 is 0. The Morgan fingerprint density at radius 2 is 1.94 bits per heavy atom. The van der Waals surface area contributed by atoms with Crippen molar-refractivity contribution in [1.82, 2.24) is 25.2 Å². The van der Waals surface area contributed by atoms with Gasteiger partial charge in [0, 0.05) is 6.54 Å². The van der Waals surface area contributed by atoms with Crippen molar-refractivity contribution >= 4 is 17.6 Å². The number of halogens is 3. The number of carbonyl (C=O) groups excluding carboxylic acids is 2. The molecule has 1 aromatic heterocycles. The molecule has 2 atom stereocenters. The summed E-state index contributed by atoms with van der Waals surface area (Å²) in [6.07, 6.45) is -2.99. The molecule has 1 N–H and O–H groups in total. The zero-order valence-electron chi connectivity index (χ0n) is 18.5. The summed E-state index contributed by atoms with van der Waals surface area (Å²) in [7, 11) is 0. The van der Waals surface area contributed by atoms with Gasteiger partial charge in [-0.3, -0.25) is 9.78 Å². The lowest BCUT2D eigenvalue weighted by atomic mass is 10.0. The normalized spacial score (nSPS) is 19.7. The van der Waals surface area contributed by atoms with Crippen LogP contribution in [-0.4, -0.2) is 69.9 Å². The Labute approximate surface area is 193 Å². The van der Waals surface area contributed by atoms with E-state index in [2.05, 4.69) is 20.4 Å². The van der Waals surface area contributed by atoms with Crippen LogP contribution in [0.3, 0.4) is 0 Å². The van der Waals surface area contributed by atoms with E-state index in [0.717, 1.165) is 17.3 Å². The average Bonchev–Trinajstić information content (AvgIpc) is 3.25. The van der Waals surface area contributed by atoms with Crippen molar-refractivity contribution in [2.24, 2.45) is 5.10 Å². The number of aryl methyl sites for hydroxylation is 1. The highest BCUT2D eigenvalue weighted by Crippen LogP contribution is 2.27. The van der Waals surface area contributed by atoms with Crippen molar-refractivity contribution in [3.8, 4) is 0 Å². The summed E-state index contributed by atoms with van der Waals surface area (Å²) in [5.74, 6) is -0.188. The molecule has 1 aromatic carbocycles. The number of aromatic nitrogens is 2. The van der Waals surface area contributed by atoms with E-state index >= 15 is 0 Å². The number of nitrogens with zero attached hydrogens (tertiary/aromatic N) is 5. The minimum Gasteiger partial charge on any atom is -0.370 e. The van der Waals surface area contributed by atoms with Gasteiger partial charge < -0.3 is 15.0 Å². The Bertz CT molecular complexity index is 1090. The smallest absolute Gasteiger partial charge is 0.370 e. The molecule has 4 rings (SSSR count). The lowest BCUT2D eigenvalue weighted by Gasteiger charge is -2.32. The second kappa shape index (κ2) is 9.37. The number of morpholine rings is 1. The Kier molecular flexibility index (Phi) is 6.51. The molecule has 0 spiro atoms. The quantitative estimate of drug-likeness (QED) is 0.731. The second-order valence-corrected chi connectivity index (χ2v) is 8.08. The van der Waals surface area contributed by atoms with Crippen LogP contribution in [0.5, 0.6) is 0 Å². The largest absolute Gasteiger partial charge is 0.434 e. The van der Waals surface area contributed by atoms with Crippen molar-refractivity contribution < 1.29 is 27.5 Å². The number of carbonyl (C=O) groups is 2. The molecule has 1 unspecified atom stereocenters. The fourth-order valence-corrected chi connectivity index (χ4v) is 3.74. The number of rotatable bonds is 4. The molecule has 2 aliphatic heterocycles. The summed E-state index contributed by atoms with van der Waals surface area (Å²) in [5.41, 5.74) is 1.48. The Balaban J connectivity index is 1.52. The topological polar surface area (TPSA) is 100 Å². The van der Waals surface area contributed by atoms with Gasteiger partial charge in [-0.2, -0.15) is 18.3 Å². The highest BCUT2D eigenvalue weighted by molar-refractivity contribution is 6.08. The fourth-order valence-electron chi connectivity index (χ4n) is 3.74. The van der Waals surface area contributed by atoms with E-state index in [0.29, 0.717) is 25.1 Å². The maximum atomic E-state index is 12.9. The molecule has 34 heavy (non-hydrogen) atoms. The van der Waals surface area contributed by atoms with Gasteiger partial charge in [0.15, 0.2) is 5.69 Å². The second-order valence-electron chi connectivity index (χ2n) is 8.08. The summed E-state index contributed by atoms with van der Waals surface area (Å²) in [5, 5.41) is 8.39. The van der Waals surface area contributed by atoms with Gasteiger partial charge >= 0.3 is 12.2 Å². The molecule has 9 nitrogen and oxygen atoms in total. The lowest BCUT2D eigenvalue weighted by Crippen LogP contribution is -2.52. The first kappa shape index (κ1) is 23.6. The predicted octanol–water partition coefficient (Wildman–Crippen LogP) is 2.52. The van der Waals surface area contributed by atoms with Crippen LogP contribution in [0.4, 0.5) is 18.0 Å². The standard InChI is InChI=1S/C22H23F3N6O3/c1-13-3-5-15(6-4-13)20-17(30-7-8-34-12-19(30)32)11-31(29-20)21(33)28-14(2)16-9-27-18(10-26-16)22(23,24)25/h3-6,9-10,14,17H,7-8,11-12H2,1-2H3,(H,28,33)/t14?,17-/m1/s1. The molecule has 0 saturated carbocycles. The van der Waals surface area contributed by atoms with E-state index in [9.17, 15) is 22.8 Å². The van der Waals surface area contributed by atoms with Crippen molar-refractivity contribution in [3.05, 3.63) is 59.2 Å². The van der Waals surface area contributed by atoms with Crippen LogP contribution < -0.4 is 5.32 Å². The SMILES string of the molecule is Cc1ccc(C2=NN(C(=O)NC(C)c3cnc(C(F)(F)F)cn3)C[C@H]2N2CCOCC2=O)cc1. The zero-order chi connectivity index (χ0) is 24.5. The monoisotopic (exact) mass is 476 g/mol. The maximum Gasteiger partial charge on any atom is 0.434 e. The first-order chi connectivity index (χ1) is 16.1. The molecule has 0 bridgehead atoms. The van der Waals surface area contributed by atoms with Crippen molar-refractivity contribution in [2.45, 2.75) is 32.1 Å². The van der Waals surface area contributed by atoms with Gasteiger partial charge in [-0.05, 0) is 19.4 Å². The molecule has 1 saturated heterocycles. The van der Waals surface area contributed by atoms with E-state index in [4.69, 9.17) is 4.74 Å². The molecule has 3 amide bonds. The molecule has 0 radical (unpaired) electrons. The highest BCUT2D eigenvalue weighted by Gasteiger charge is 2.39. The number of ether oxygens (including phenoxy) is 1. The molecule has 3 heterocycles. The zero-order valence-corrected chi connectivity index (χ0v) is 18.5. The van der Waals surface area contributed by atoms with Crippen molar-refractivity contribution in [1.29, 1.82) is 0 Å². The van der Waals surface area contributed by atoms with Gasteiger partial charge in [0.05, 0.1) is 49.0 Å². The van der Waals surface area contributed by atoms with E-state index in [1.165, 1.54) is 5.01 Å². The number of hydrazone groups is 1. The van der Waals surface area contributed by atoms with E-state index in [1.54, 1.807) is 11.8 Å². The first-order valence-corrected chi connectivity index (χ1v) is 10.6. The Morgan fingerprint density at radius 3 is 2.56 bits per heavy atom. The third kappa shape index (κ3) is 5.01. The van der Waals surface area contributed by atoms with Crippen LogP contribution in [0, 0.1) is 6.92 Å². The molecule has 12 heteroatoms. The van der Waals surface area contributed by atoms with Gasteiger partial charge in [-0.1, -0.05) is 29.8 Å². The first-order valence-electron chi connectivity index (χ1n) is 10.6. The summed E-state index contributed by atoms with van der Waals surface area (Å²) < 4.78 is 43.4. The van der Waals surface area contributed by atoms with Gasteiger partial charge in [0.25, 0.3) is 0 Å². The number of amides is 3. The molecule has 2 aromatic rings. The fraction of sp³-hybridized carbons (Fsp3) is 0.409.